The zero-order chi connectivity index (χ0) is 40.4. The van der Waals surface area contributed by atoms with Crippen molar-refractivity contribution in [1.82, 2.24) is 19.6 Å². The molecule has 56 heavy (non-hydrogen) atoms. The Labute approximate surface area is 350 Å². The van der Waals surface area contributed by atoms with Gasteiger partial charge in [0.2, 0.25) is 0 Å². The zero-order valence-electron chi connectivity index (χ0n) is 29.3. The summed E-state index contributed by atoms with van der Waals surface area (Å²) >= 11 is 28.5. The topological polar surface area (TPSA) is 182 Å². The Balaban J connectivity index is 0.00000115. The van der Waals surface area contributed by atoms with E-state index in [0.717, 1.165) is 16.1 Å². The van der Waals surface area contributed by atoms with E-state index in [-0.39, 0.29) is 11.3 Å². The van der Waals surface area contributed by atoms with Crippen molar-refractivity contribution in [1.29, 1.82) is 0 Å². The molecule has 3 N–H and O–H groups in total. The SMILES string of the molecule is Cc1cc2c(s1)-c1c(c(C(O)CCCCC(O)c3nn(-c4ccc(Cl)cc4Cl)c4c3Cc3c-4sc(C)c3S(=O)(=O)O)nn1-c1ccc(Cl)cc1Cl)C2.O=S(=O)=O. The summed E-state index contributed by atoms with van der Waals surface area (Å²) in [4.78, 5) is 3.32. The Hall–Kier alpha value is -3.13. The van der Waals surface area contributed by atoms with E-state index < -0.39 is 32.9 Å². The molecule has 0 amide bonds. The first-order valence-corrected chi connectivity index (χ1v) is 22.5. The maximum Gasteiger partial charge on any atom is 0.425 e. The van der Waals surface area contributed by atoms with Crippen LogP contribution in [-0.4, -0.2) is 55.4 Å². The molecule has 6 aromatic rings. The van der Waals surface area contributed by atoms with E-state index >= 15 is 0 Å². The summed E-state index contributed by atoms with van der Waals surface area (Å²) in [5, 5.41) is 34.5. The molecule has 20 heteroatoms. The monoisotopic (exact) mass is 914 g/mol. The van der Waals surface area contributed by atoms with E-state index in [1.807, 2.05) is 10.7 Å². The maximum absolute atomic E-state index is 12.4. The Bertz CT molecular complexity index is 2770. The summed E-state index contributed by atoms with van der Waals surface area (Å²) in [6.45, 7) is 3.73. The summed E-state index contributed by atoms with van der Waals surface area (Å²) in [6, 6.07) is 12.4. The average molecular weight is 917 g/mol. The van der Waals surface area contributed by atoms with Crippen LogP contribution in [0.3, 0.4) is 0 Å². The number of hydrogen-bond acceptors (Lipinski definition) is 11. The molecule has 2 aliphatic rings. The van der Waals surface area contributed by atoms with Gasteiger partial charge in [0.1, 0.15) is 4.90 Å². The highest BCUT2D eigenvalue weighted by Gasteiger charge is 2.38. The second kappa shape index (κ2) is 15.9. The molecule has 2 aliphatic carbocycles. The van der Waals surface area contributed by atoms with Crippen molar-refractivity contribution in [3.63, 3.8) is 0 Å². The summed E-state index contributed by atoms with van der Waals surface area (Å²) in [5.74, 6) is 0. The number of rotatable bonds is 10. The largest absolute Gasteiger partial charge is 0.425 e. The molecular weight excluding hydrogens is 886 g/mol. The predicted octanol–water partition coefficient (Wildman–Crippen LogP) is 9.12. The van der Waals surface area contributed by atoms with Gasteiger partial charge >= 0.3 is 10.6 Å². The number of nitrogens with zero attached hydrogens (tertiary/aromatic N) is 4. The molecule has 2 unspecified atom stereocenters. The van der Waals surface area contributed by atoms with Gasteiger partial charge in [-0.05, 0) is 80.3 Å². The molecule has 0 saturated heterocycles. The molecule has 0 spiro atoms. The molecular formula is C36H30Cl4N4O8S4. The zero-order valence-corrected chi connectivity index (χ0v) is 35.5. The number of thiophene rings is 2. The molecule has 4 heterocycles. The summed E-state index contributed by atoms with van der Waals surface area (Å²) < 4.78 is 63.6. The minimum Gasteiger partial charge on any atom is -0.387 e. The number of hydrogen-bond donors (Lipinski definition) is 3. The van der Waals surface area contributed by atoms with E-state index in [4.69, 9.17) is 69.2 Å². The average Bonchev–Trinajstić information content (AvgIpc) is 3.92. The number of aliphatic hydroxyl groups excluding tert-OH is 2. The first-order chi connectivity index (χ1) is 26.4. The standard InChI is InChI=1S/C36H30Cl4N4O5S3.O3S/c1-16-11-18-12-21-30(41-43(32(21)34(18)50-16)26-9-7-19(37)13-24(26)39)28(45)5-3-4-6-29(46)31-22-15-23-35(51-17(2)36(23)52(47,48)49)33(22)44(42-31)27-10-8-20(38)14-25(27)40;1-4(2)3/h7-11,13-14,28-29,45-46H,3-6,12,15H2,1-2H3,(H,47,48,49);. The molecule has 294 valence electrons. The van der Waals surface area contributed by atoms with Crippen LogP contribution < -0.4 is 0 Å². The van der Waals surface area contributed by atoms with E-state index in [0.29, 0.717) is 102 Å². The molecule has 2 aromatic carbocycles. The number of halogens is 4. The highest BCUT2D eigenvalue weighted by Crippen LogP contribution is 2.50. The minimum atomic E-state index is -4.49. The number of aromatic nitrogens is 4. The highest BCUT2D eigenvalue weighted by molar-refractivity contribution is 7.86. The Morgan fingerprint density at radius 2 is 1.23 bits per heavy atom. The van der Waals surface area contributed by atoms with Crippen molar-refractivity contribution >= 4 is 89.8 Å². The third kappa shape index (κ3) is 7.74. The predicted molar refractivity (Wildman–Crippen MR) is 217 cm³/mol. The molecule has 0 aliphatic heterocycles. The lowest BCUT2D eigenvalue weighted by Gasteiger charge is -2.13. The van der Waals surface area contributed by atoms with Crippen molar-refractivity contribution in [2.24, 2.45) is 0 Å². The maximum atomic E-state index is 12.4. The Morgan fingerprint density at radius 3 is 1.71 bits per heavy atom. The summed E-state index contributed by atoms with van der Waals surface area (Å²) in [5.41, 5.74) is 7.11. The second-order valence-electron chi connectivity index (χ2n) is 13.3. The van der Waals surface area contributed by atoms with Gasteiger partial charge in [0.05, 0.1) is 66.2 Å². The molecule has 12 nitrogen and oxygen atoms in total. The van der Waals surface area contributed by atoms with Gasteiger partial charge in [-0.1, -0.05) is 59.2 Å². The van der Waals surface area contributed by atoms with Gasteiger partial charge in [-0.3, -0.25) is 4.55 Å². The van der Waals surface area contributed by atoms with Crippen LogP contribution >= 0.6 is 69.1 Å². The number of aliphatic hydroxyl groups is 2. The highest BCUT2D eigenvalue weighted by atomic mass is 35.5. The molecule has 8 rings (SSSR count). The third-order valence-corrected chi connectivity index (χ3v) is 14.1. The van der Waals surface area contributed by atoms with Crippen molar-refractivity contribution in [3.8, 4) is 32.5 Å². The van der Waals surface area contributed by atoms with Crippen LogP contribution in [0.5, 0.6) is 0 Å². The first-order valence-electron chi connectivity index (χ1n) is 16.9. The molecule has 0 bridgehead atoms. The molecule has 0 radical (unpaired) electrons. The van der Waals surface area contributed by atoms with Crippen molar-refractivity contribution in [2.75, 3.05) is 0 Å². The minimum absolute atomic E-state index is 0.107. The quantitative estimate of drug-likeness (QED) is 0.0884. The van der Waals surface area contributed by atoms with Gasteiger partial charge in [-0.2, -0.15) is 18.6 Å². The van der Waals surface area contributed by atoms with Gasteiger partial charge < -0.3 is 10.2 Å². The first kappa shape index (κ1) is 41.0. The number of benzene rings is 2. The molecule has 0 saturated carbocycles. The lowest BCUT2D eigenvalue weighted by atomic mass is 10.00. The Morgan fingerprint density at radius 1 is 0.750 bits per heavy atom. The van der Waals surface area contributed by atoms with Gasteiger partial charge in [-0.15, -0.1) is 35.3 Å². The third-order valence-electron chi connectivity index (χ3n) is 9.61. The van der Waals surface area contributed by atoms with E-state index in [1.165, 1.54) is 21.8 Å². The summed E-state index contributed by atoms with van der Waals surface area (Å²) in [6.07, 6.45) is 0.923. The van der Waals surface area contributed by atoms with E-state index in [1.54, 1.807) is 53.3 Å². The normalized spacial score (nSPS) is 13.8. The number of fused-ring (bicyclic) bond motifs is 6. The summed E-state index contributed by atoms with van der Waals surface area (Å²) in [7, 11) is -7.60. The lowest BCUT2D eigenvalue weighted by Crippen LogP contribution is -2.07. The van der Waals surface area contributed by atoms with E-state index in [9.17, 15) is 23.2 Å². The smallest absolute Gasteiger partial charge is 0.387 e. The fourth-order valence-corrected chi connectivity index (χ4v) is 12.0. The number of unbranched alkanes of at least 4 members (excludes halogenated alkanes) is 1. The van der Waals surface area contributed by atoms with Crippen LogP contribution in [0.1, 0.15) is 81.3 Å². The van der Waals surface area contributed by atoms with Crippen LogP contribution in [0.25, 0.3) is 32.5 Å². The van der Waals surface area contributed by atoms with Gasteiger partial charge in [0.25, 0.3) is 10.1 Å². The number of aryl methyl sites for hydroxylation is 2. The van der Waals surface area contributed by atoms with Crippen LogP contribution in [0, 0.1) is 13.8 Å². The van der Waals surface area contributed by atoms with Crippen LogP contribution in [0.2, 0.25) is 20.1 Å². The van der Waals surface area contributed by atoms with Crippen LogP contribution in [0.15, 0.2) is 47.4 Å². The Kier molecular flexibility index (Phi) is 11.7. The lowest BCUT2D eigenvalue weighted by molar-refractivity contribution is 0.141. The molecule has 2 atom stereocenters. The second-order valence-corrected chi connectivity index (χ2v) is 19.2. The van der Waals surface area contributed by atoms with Gasteiger partial charge in [0.15, 0.2) is 0 Å². The van der Waals surface area contributed by atoms with Crippen LogP contribution in [-0.2, 0) is 33.6 Å². The fraction of sp³-hybridized carbons (Fsp3) is 0.278. The molecule has 0 fully saturated rings. The van der Waals surface area contributed by atoms with Gasteiger partial charge in [0, 0.05) is 43.8 Å². The van der Waals surface area contributed by atoms with Crippen molar-refractivity contribution in [2.45, 2.75) is 69.5 Å². The van der Waals surface area contributed by atoms with Gasteiger partial charge in [-0.25, -0.2) is 9.36 Å². The van der Waals surface area contributed by atoms with Crippen molar-refractivity contribution in [3.05, 3.63) is 106 Å². The van der Waals surface area contributed by atoms with E-state index in [2.05, 4.69) is 13.0 Å². The molecule has 4 aromatic heterocycles. The van der Waals surface area contributed by atoms with Crippen LogP contribution in [0.4, 0.5) is 0 Å². The van der Waals surface area contributed by atoms with Crippen molar-refractivity contribution < 1.29 is 35.8 Å². The fourth-order valence-electron chi connectivity index (χ4n) is 7.42.